The van der Waals surface area contributed by atoms with Gasteiger partial charge in [0.1, 0.15) is 5.75 Å². The van der Waals surface area contributed by atoms with Crippen molar-refractivity contribution in [3.63, 3.8) is 0 Å². The van der Waals surface area contributed by atoms with E-state index < -0.39 is 0 Å². The van der Waals surface area contributed by atoms with Gasteiger partial charge in [-0.2, -0.15) is 0 Å². The Morgan fingerprint density at radius 2 is 1.91 bits per heavy atom. The topological polar surface area (TPSA) is 46.6 Å². The van der Waals surface area contributed by atoms with Crippen molar-refractivity contribution in [3.05, 3.63) is 64.7 Å². The van der Waals surface area contributed by atoms with Gasteiger partial charge in [0.25, 0.3) is 5.91 Å². The van der Waals surface area contributed by atoms with Crippen LogP contribution >= 0.6 is 0 Å². The molecule has 0 atom stereocenters. The number of ether oxygens (including phenoxy) is 1. The largest absolute Gasteiger partial charge is 0.496 e. The highest BCUT2D eigenvalue weighted by Crippen LogP contribution is 2.24. The number of rotatable bonds is 3. The molecule has 1 heterocycles. The minimum atomic E-state index is -0.230. The van der Waals surface area contributed by atoms with Gasteiger partial charge in [-0.15, -0.1) is 0 Å². The minimum absolute atomic E-state index is 0.164. The van der Waals surface area contributed by atoms with Crippen LogP contribution in [0.2, 0.25) is 0 Å². The van der Waals surface area contributed by atoms with E-state index in [0.717, 1.165) is 22.4 Å². The molecular formula is C18H17NO3. The Balaban J connectivity index is 1.90. The third kappa shape index (κ3) is 2.48. The molecule has 0 spiro atoms. The van der Waals surface area contributed by atoms with E-state index in [-0.39, 0.29) is 24.8 Å². The second-order valence-corrected chi connectivity index (χ2v) is 5.42. The van der Waals surface area contributed by atoms with Crippen molar-refractivity contribution in [2.75, 3.05) is 7.11 Å². The predicted molar refractivity (Wildman–Crippen MR) is 82.8 cm³/mol. The van der Waals surface area contributed by atoms with Crippen LogP contribution in [0.25, 0.3) is 0 Å². The molecule has 2 amide bonds. The Labute approximate surface area is 129 Å². The Kier molecular flexibility index (Phi) is 3.67. The van der Waals surface area contributed by atoms with Gasteiger partial charge in [-0.05, 0) is 35.7 Å². The van der Waals surface area contributed by atoms with E-state index in [1.54, 1.807) is 13.2 Å². The van der Waals surface area contributed by atoms with Gasteiger partial charge >= 0.3 is 0 Å². The zero-order chi connectivity index (χ0) is 15.7. The number of amides is 2. The number of carbonyl (C=O) groups excluding carboxylic acids is 2. The molecular weight excluding hydrogens is 278 g/mol. The van der Waals surface area contributed by atoms with E-state index in [2.05, 4.69) is 0 Å². The molecule has 0 N–H and O–H groups in total. The Bertz CT molecular complexity index is 752. The quantitative estimate of drug-likeness (QED) is 0.818. The van der Waals surface area contributed by atoms with Crippen LogP contribution < -0.4 is 4.74 Å². The summed E-state index contributed by atoms with van der Waals surface area (Å²) in [7, 11) is 1.61. The van der Waals surface area contributed by atoms with Crippen molar-refractivity contribution in [1.82, 2.24) is 4.90 Å². The maximum atomic E-state index is 12.5. The number of aryl methyl sites for hydroxylation is 1. The molecule has 2 aromatic rings. The van der Waals surface area contributed by atoms with Crippen LogP contribution in [0.4, 0.5) is 0 Å². The molecule has 4 nitrogen and oxygen atoms in total. The summed E-state index contributed by atoms with van der Waals surface area (Å²) in [4.78, 5) is 26.1. The number of nitrogens with zero attached hydrogens (tertiary/aromatic N) is 1. The van der Waals surface area contributed by atoms with Gasteiger partial charge in [0, 0.05) is 5.56 Å². The van der Waals surface area contributed by atoms with Gasteiger partial charge in [0.05, 0.1) is 20.1 Å². The third-order valence-electron chi connectivity index (χ3n) is 3.95. The van der Waals surface area contributed by atoms with Gasteiger partial charge in [0.2, 0.25) is 5.91 Å². The lowest BCUT2D eigenvalue weighted by atomic mass is 9.98. The van der Waals surface area contributed by atoms with Crippen molar-refractivity contribution in [1.29, 1.82) is 0 Å². The van der Waals surface area contributed by atoms with Crippen LogP contribution in [0.1, 0.15) is 27.0 Å². The maximum absolute atomic E-state index is 12.5. The average Bonchev–Trinajstić information content (AvgIpc) is 2.53. The second kappa shape index (κ2) is 5.64. The highest BCUT2D eigenvalue weighted by molar-refractivity contribution is 6.09. The monoisotopic (exact) mass is 295 g/mol. The summed E-state index contributed by atoms with van der Waals surface area (Å²) in [6.45, 7) is 2.22. The van der Waals surface area contributed by atoms with E-state index in [1.807, 2.05) is 43.3 Å². The SMILES string of the molecule is COc1cc(CN2C(=O)Cc3ccccc3C2=O)ccc1C. The van der Waals surface area contributed by atoms with Gasteiger partial charge in [0.15, 0.2) is 0 Å². The summed E-state index contributed by atoms with van der Waals surface area (Å²) in [5, 5.41) is 0. The molecule has 112 valence electrons. The van der Waals surface area contributed by atoms with Crippen molar-refractivity contribution in [2.45, 2.75) is 19.9 Å². The molecule has 3 rings (SSSR count). The van der Waals surface area contributed by atoms with E-state index in [1.165, 1.54) is 4.90 Å². The first-order valence-electron chi connectivity index (χ1n) is 7.16. The molecule has 0 saturated carbocycles. The molecule has 4 heteroatoms. The highest BCUT2D eigenvalue weighted by atomic mass is 16.5. The first kappa shape index (κ1) is 14.3. The van der Waals surface area contributed by atoms with Crippen molar-refractivity contribution in [3.8, 4) is 5.75 Å². The van der Waals surface area contributed by atoms with Crippen LogP contribution in [-0.4, -0.2) is 23.8 Å². The van der Waals surface area contributed by atoms with Crippen LogP contribution in [-0.2, 0) is 17.8 Å². The lowest BCUT2D eigenvalue weighted by Crippen LogP contribution is -2.41. The second-order valence-electron chi connectivity index (χ2n) is 5.42. The van der Waals surface area contributed by atoms with E-state index in [4.69, 9.17) is 4.74 Å². The standard InChI is InChI=1S/C18H17NO3/c1-12-7-8-13(9-16(12)22-2)11-19-17(20)10-14-5-3-4-6-15(14)18(19)21/h3-9H,10-11H2,1-2H3. The molecule has 1 aliphatic rings. The molecule has 0 aromatic heterocycles. The average molecular weight is 295 g/mol. The van der Waals surface area contributed by atoms with E-state index in [0.29, 0.717) is 5.56 Å². The smallest absolute Gasteiger partial charge is 0.261 e. The first-order valence-corrected chi connectivity index (χ1v) is 7.16. The summed E-state index contributed by atoms with van der Waals surface area (Å²) in [6, 6.07) is 13.0. The summed E-state index contributed by atoms with van der Waals surface area (Å²) in [5.74, 6) is 0.365. The number of benzene rings is 2. The summed E-state index contributed by atoms with van der Waals surface area (Å²) in [6.07, 6.45) is 0.269. The van der Waals surface area contributed by atoms with Crippen molar-refractivity contribution >= 4 is 11.8 Å². The maximum Gasteiger partial charge on any atom is 0.261 e. The number of hydrogen-bond donors (Lipinski definition) is 0. The zero-order valence-corrected chi connectivity index (χ0v) is 12.6. The normalized spacial score (nSPS) is 14.0. The van der Waals surface area contributed by atoms with Crippen LogP contribution in [0, 0.1) is 6.92 Å². The molecule has 0 aliphatic carbocycles. The van der Waals surface area contributed by atoms with E-state index in [9.17, 15) is 9.59 Å². The molecule has 0 fully saturated rings. The number of imide groups is 1. The van der Waals surface area contributed by atoms with Gasteiger partial charge in [-0.3, -0.25) is 14.5 Å². The van der Waals surface area contributed by atoms with Gasteiger partial charge in [-0.25, -0.2) is 0 Å². The van der Waals surface area contributed by atoms with Crippen LogP contribution in [0.3, 0.4) is 0 Å². The molecule has 0 saturated heterocycles. The fraction of sp³-hybridized carbons (Fsp3) is 0.222. The molecule has 2 aromatic carbocycles. The highest BCUT2D eigenvalue weighted by Gasteiger charge is 2.30. The van der Waals surface area contributed by atoms with Crippen LogP contribution in [0.15, 0.2) is 42.5 Å². The molecule has 0 bridgehead atoms. The van der Waals surface area contributed by atoms with E-state index >= 15 is 0 Å². The predicted octanol–water partition coefficient (Wildman–Crippen LogP) is 2.73. The molecule has 1 aliphatic heterocycles. The first-order chi connectivity index (χ1) is 10.6. The molecule has 22 heavy (non-hydrogen) atoms. The minimum Gasteiger partial charge on any atom is -0.496 e. The molecule has 0 radical (unpaired) electrons. The van der Waals surface area contributed by atoms with Gasteiger partial charge in [-0.1, -0.05) is 30.3 Å². The third-order valence-corrected chi connectivity index (χ3v) is 3.95. The fourth-order valence-corrected chi connectivity index (χ4v) is 2.71. The summed E-state index contributed by atoms with van der Waals surface area (Å²) < 4.78 is 5.30. The van der Waals surface area contributed by atoms with Crippen molar-refractivity contribution in [2.24, 2.45) is 0 Å². The lowest BCUT2D eigenvalue weighted by Gasteiger charge is -2.27. The fourth-order valence-electron chi connectivity index (χ4n) is 2.71. The Hall–Kier alpha value is -2.62. The van der Waals surface area contributed by atoms with Crippen molar-refractivity contribution < 1.29 is 14.3 Å². The Morgan fingerprint density at radius 3 is 2.68 bits per heavy atom. The lowest BCUT2D eigenvalue weighted by molar-refractivity contribution is -0.128. The summed E-state index contributed by atoms with van der Waals surface area (Å²) >= 11 is 0. The number of methoxy groups -OCH3 is 1. The number of hydrogen-bond acceptors (Lipinski definition) is 3. The number of carbonyl (C=O) groups is 2. The Morgan fingerprint density at radius 1 is 1.14 bits per heavy atom. The van der Waals surface area contributed by atoms with Crippen LogP contribution in [0.5, 0.6) is 5.75 Å². The van der Waals surface area contributed by atoms with Gasteiger partial charge < -0.3 is 4.74 Å². The summed E-state index contributed by atoms with van der Waals surface area (Å²) in [5.41, 5.74) is 3.31. The number of fused-ring (bicyclic) bond motifs is 1. The zero-order valence-electron chi connectivity index (χ0n) is 12.6. The molecule has 0 unspecified atom stereocenters.